The van der Waals surface area contributed by atoms with E-state index in [2.05, 4.69) is 4.74 Å². The van der Waals surface area contributed by atoms with Gasteiger partial charge in [0, 0.05) is 6.07 Å². The van der Waals surface area contributed by atoms with Crippen molar-refractivity contribution < 1.29 is 32.2 Å². The Labute approximate surface area is 106 Å². The number of esters is 1. The zero-order valence-electron chi connectivity index (χ0n) is 9.86. The molecule has 0 aliphatic carbocycles. The predicted octanol–water partition coefficient (Wildman–Crippen LogP) is 1.47. The summed E-state index contributed by atoms with van der Waals surface area (Å²) in [4.78, 5) is 22.7. The number of pyridine rings is 1. The SMILES string of the molecule is CCOC(=O)CC(=O)c1ccc[n+]([O-])c1C(F)(F)F. The molecule has 1 heterocycles. The smallest absolute Gasteiger partial charge is 0.479 e. The highest BCUT2D eigenvalue weighted by molar-refractivity contribution is 6.06. The monoisotopic (exact) mass is 277 g/mol. The molecule has 0 aromatic carbocycles. The van der Waals surface area contributed by atoms with Crippen LogP contribution < -0.4 is 4.73 Å². The Morgan fingerprint density at radius 2 is 2.05 bits per heavy atom. The van der Waals surface area contributed by atoms with Crippen molar-refractivity contribution in [3.05, 3.63) is 34.8 Å². The molecule has 1 aromatic rings. The van der Waals surface area contributed by atoms with Gasteiger partial charge in [0.25, 0.3) is 0 Å². The van der Waals surface area contributed by atoms with Crippen molar-refractivity contribution in [2.45, 2.75) is 19.5 Å². The lowest BCUT2D eigenvalue weighted by molar-refractivity contribution is -0.629. The molecule has 0 spiro atoms. The summed E-state index contributed by atoms with van der Waals surface area (Å²) in [6, 6.07) is 1.85. The molecule has 0 atom stereocenters. The Kier molecular flexibility index (Phi) is 4.47. The van der Waals surface area contributed by atoms with Gasteiger partial charge in [0.15, 0.2) is 12.0 Å². The summed E-state index contributed by atoms with van der Waals surface area (Å²) in [5.74, 6) is -2.06. The van der Waals surface area contributed by atoms with Gasteiger partial charge in [-0.2, -0.15) is 17.9 Å². The van der Waals surface area contributed by atoms with Crippen molar-refractivity contribution in [3.63, 3.8) is 0 Å². The van der Waals surface area contributed by atoms with Crippen LogP contribution in [0.1, 0.15) is 29.4 Å². The van der Waals surface area contributed by atoms with Gasteiger partial charge in [-0.15, -0.1) is 0 Å². The van der Waals surface area contributed by atoms with Crippen molar-refractivity contribution in [1.29, 1.82) is 0 Å². The standard InChI is InChI=1S/C11H10F3NO4/c1-2-19-9(17)6-8(16)7-4-3-5-15(18)10(7)11(12,13)14/h3-5H,2,6H2,1H3. The number of hydrogen-bond acceptors (Lipinski definition) is 4. The number of carbonyl (C=O) groups excluding carboxylic acids is 2. The Balaban J connectivity index is 3.10. The number of ketones is 1. The maximum atomic E-state index is 12.7. The maximum Gasteiger partial charge on any atom is 0.479 e. The number of hydrogen-bond donors (Lipinski definition) is 0. The molecule has 0 radical (unpaired) electrons. The Morgan fingerprint density at radius 1 is 1.42 bits per heavy atom. The van der Waals surface area contributed by atoms with Crippen molar-refractivity contribution in [1.82, 2.24) is 0 Å². The minimum atomic E-state index is -4.98. The van der Waals surface area contributed by atoms with Gasteiger partial charge in [-0.25, -0.2) is 0 Å². The summed E-state index contributed by atoms with van der Waals surface area (Å²) < 4.78 is 42.0. The van der Waals surface area contributed by atoms with Gasteiger partial charge < -0.3 is 9.94 Å². The van der Waals surface area contributed by atoms with E-state index in [1.807, 2.05) is 0 Å². The molecule has 0 aliphatic rings. The zero-order valence-corrected chi connectivity index (χ0v) is 9.86. The minimum Gasteiger partial charge on any atom is -0.618 e. The molecule has 1 aromatic heterocycles. The number of aromatic nitrogens is 1. The fraction of sp³-hybridized carbons (Fsp3) is 0.364. The maximum absolute atomic E-state index is 12.7. The summed E-state index contributed by atoms with van der Waals surface area (Å²) in [6.07, 6.45) is -5.20. The number of alkyl halides is 3. The first-order valence-corrected chi connectivity index (χ1v) is 5.25. The first kappa shape index (κ1) is 14.9. The summed E-state index contributed by atoms with van der Waals surface area (Å²) in [5.41, 5.74) is -2.48. The molecule has 0 saturated heterocycles. The van der Waals surface area contributed by atoms with Gasteiger partial charge >= 0.3 is 17.8 Å². The van der Waals surface area contributed by atoms with Crippen LogP contribution in [-0.2, 0) is 15.7 Å². The van der Waals surface area contributed by atoms with Crippen LogP contribution in [0.4, 0.5) is 13.2 Å². The highest BCUT2D eigenvalue weighted by Crippen LogP contribution is 2.29. The van der Waals surface area contributed by atoms with Crippen LogP contribution in [0, 0.1) is 5.21 Å². The van der Waals surface area contributed by atoms with Gasteiger partial charge in [0.2, 0.25) is 0 Å². The Morgan fingerprint density at radius 3 is 2.58 bits per heavy atom. The predicted molar refractivity (Wildman–Crippen MR) is 56.0 cm³/mol. The highest BCUT2D eigenvalue weighted by Gasteiger charge is 2.44. The second kappa shape index (κ2) is 5.68. The van der Waals surface area contributed by atoms with E-state index >= 15 is 0 Å². The lowest BCUT2D eigenvalue weighted by atomic mass is 10.1. The van der Waals surface area contributed by atoms with E-state index in [1.165, 1.54) is 6.92 Å². The molecule has 0 unspecified atom stereocenters. The first-order chi connectivity index (χ1) is 8.77. The lowest BCUT2D eigenvalue weighted by Gasteiger charge is -2.11. The van der Waals surface area contributed by atoms with E-state index in [4.69, 9.17) is 0 Å². The third kappa shape index (κ3) is 3.67. The normalized spacial score (nSPS) is 11.2. The average molecular weight is 277 g/mol. The molecule has 0 amide bonds. The van der Waals surface area contributed by atoms with Crippen LogP contribution in [0.5, 0.6) is 0 Å². The number of Topliss-reactive ketones (excluding diaryl/α,β-unsaturated/α-hetero) is 1. The molecule has 8 heteroatoms. The molecule has 0 saturated carbocycles. The average Bonchev–Trinajstić information content (AvgIpc) is 2.27. The van der Waals surface area contributed by atoms with E-state index in [-0.39, 0.29) is 6.61 Å². The Bertz CT molecular complexity index is 499. The third-order valence-electron chi connectivity index (χ3n) is 2.14. The fourth-order valence-corrected chi connectivity index (χ4v) is 1.43. The fourth-order valence-electron chi connectivity index (χ4n) is 1.43. The summed E-state index contributed by atoms with van der Waals surface area (Å²) in [7, 11) is 0. The van der Waals surface area contributed by atoms with Gasteiger partial charge in [0.05, 0.1) is 12.2 Å². The second-order valence-electron chi connectivity index (χ2n) is 3.50. The van der Waals surface area contributed by atoms with Gasteiger partial charge in [0.1, 0.15) is 6.42 Å². The number of nitrogens with zero attached hydrogens (tertiary/aromatic N) is 1. The molecule has 0 fully saturated rings. The first-order valence-electron chi connectivity index (χ1n) is 5.25. The van der Waals surface area contributed by atoms with Crippen LogP contribution in [0.2, 0.25) is 0 Å². The third-order valence-corrected chi connectivity index (χ3v) is 2.14. The van der Waals surface area contributed by atoms with Crippen LogP contribution in [0.25, 0.3) is 0 Å². The van der Waals surface area contributed by atoms with Gasteiger partial charge in [-0.3, -0.25) is 9.59 Å². The van der Waals surface area contributed by atoms with E-state index < -0.39 is 40.3 Å². The van der Waals surface area contributed by atoms with Crippen LogP contribution in [-0.4, -0.2) is 18.4 Å². The molecule has 104 valence electrons. The molecule has 0 N–H and O–H groups in total. The molecule has 0 bridgehead atoms. The lowest BCUT2D eigenvalue weighted by Crippen LogP contribution is -2.38. The van der Waals surface area contributed by atoms with Crippen LogP contribution >= 0.6 is 0 Å². The summed E-state index contributed by atoms with van der Waals surface area (Å²) in [5, 5.41) is 11.1. The van der Waals surface area contributed by atoms with E-state index in [1.54, 1.807) is 0 Å². The van der Waals surface area contributed by atoms with E-state index in [9.17, 15) is 28.0 Å². The number of carbonyl (C=O) groups is 2. The molecule has 19 heavy (non-hydrogen) atoms. The molecule has 0 aliphatic heterocycles. The van der Waals surface area contributed by atoms with Crippen molar-refractivity contribution in [3.8, 4) is 0 Å². The van der Waals surface area contributed by atoms with Crippen LogP contribution in [0.3, 0.4) is 0 Å². The van der Waals surface area contributed by atoms with Crippen molar-refractivity contribution >= 4 is 11.8 Å². The Hall–Kier alpha value is -2.12. The van der Waals surface area contributed by atoms with Crippen molar-refractivity contribution in [2.75, 3.05) is 6.61 Å². The topological polar surface area (TPSA) is 70.3 Å². The molecular weight excluding hydrogens is 267 g/mol. The summed E-state index contributed by atoms with van der Waals surface area (Å²) >= 11 is 0. The zero-order chi connectivity index (χ0) is 14.6. The second-order valence-corrected chi connectivity index (χ2v) is 3.50. The number of halogens is 3. The molecular formula is C11H10F3NO4. The van der Waals surface area contributed by atoms with E-state index in [0.717, 1.165) is 12.1 Å². The number of ether oxygens (including phenoxy) is 1. The number of rotatable bonds is 4. The molecule has 1 rings (SSSR count). The summed E-state index contributed by atoms with van der Waals surface area (Å²) in [6.45, 7) is 1.51. The highest BCUT2D eigenvalue weighted by atomic mass is 19.4. The van der Waals surface area contributed by atoms with Crippen LogP contribution in [0.15, 0.2) is 18.3 Å². The van der Waals surface area contributed by atoms with Gasteiger partial charge in [-0.1, -0.05) is 0 Å². The molecule has 5 nitrogen and oxygen atoms in total. The largest absolute Gasteiger partial charge is 0.618 e. The van der Waals surface area contributed by atoms with Gasteiger partial charge in [-0.05, 0) is 13.0 Å². The quantitative estimate of drug-likeness (QED) is 0.275. The van der Waals surface area contributed by atoms with Crippen molar-refractivity contribution in [2.24, 2.45) is 0 Å². The van der Waals surface area contributed by atoms with E-state index in [0.29, 0.717) is 6.20 Å². The minimum absolute atomic E-state index is 0.00852.